The summed E-state index contributed by atoms with van der Waals surface area (Å²) in [5.41, 5.74) is 3.61. The number of carbonyl (C=O) groups excluding carboxylic acids is 3. The number of hydrogen-bond donors (Lipinski definition) is 2. The molecule has 2 aliphatic rings. The van der Waals surface area contributed by atoms with E-state index in [1.54, 1.807) is 12.1 Å². The molecule has 3 rings (SSSR count). The van der Waals surface area contributed by atoms with E-state index in [0.29, 0.717) is 18.4 Å². The van der Waals surface area contributed by atoms with Crippen molar-refractivity contribution >= 4 is 17.8 Å². The van der Waals surface area contributed by atoms with Gasteiger partial charge in [-0.1, -0.05) is 32.0 Å². The maximum absolute atomic E-state index is 12.7. The molecule has 1 aliphatic carbocycles. The third-order valence-electron chi connectivity index (χ3n) is 6.13. The van der Waals surface area contributed by atoms with E-state index in [1.807, 2.05) is 39.8 Å². The predicted octanol–water partition coefficient (Wildman–Crippen LogP) is 1.88. The second-order valence-corrected chi connectivity index (χ2v) is 7.40. The Morgan fingerprint density at radius 1 is 1.08 bits per heavy atom. The van der Waals surface area contributed by atoms with Crippen molar-refractivity contribution in [1.29, 1.82) is 0 Å². The van der Waals surface area contributed by atoms with Crippen LogP contribution < -0.4 is 10.9 Å². The van der Waals surface area contributed by atoms with Gasteiger partial charge < -0.3 is 4.74 Å². The highest BCUT2D eigenvalue weighted by Crippen LogP contribution is 2.65. The molecule has 2 atom stereocenters. The van der Waals surface area contributed by atoms with Gasteiger partial charge in [0.05, 0.1) is 5.41 Å². The fourth-order valence-electron chi connectivity index (χ4n) is 3.86. The van der Waals surface area contributed by atoms with Crippen molar-refractivity contribution in [2.45, 2.75) is 46.1 Å². The molecule has 2 bridgehead atoms. The van der Waals surface area contributed by atoms with Gasteiger partial charge in [-0.15, -0.1) is 0 Å². The molecular formula is C18H22N2O4. The number of aryl methyl sites for hydroxylation is 1. The second kappa shape index (κ2) is 5.06. The first-order valence-electron chi connectivity index (χ1n) is 8.06. The number of nitrogens with one attached hydrogen (secondary N) is 2. The van der Waals surface area contributed by atoms with Crippen LogP contribution >= 0.6 is 0 Å². The summed E-state index contributed by atoms with van der Waals surface area (Å²) in [5, 5.41) is 0. The largest absolute Gasteiger partial charge is 0.448 e. The topological polar surface area (TPSA) is 84.5 Å². The van der Waals surface area contributed by atoms with Gasteiger partial charge in [0.1, 0.15) is 0 Å². The van der Waals surface area contributed by atoms with Gasteiger partial charge in [0.15, 0.2) is 5.60 Å². The van der Waals surface area contributed by atoms with Crippen LogP contribution in [0.5, 0.6) is 0 Å². The van der Waals surface area contributed by atoms with Gasteiger partial charge in [-0.05, 0) is 38.3 Å². The zero-order chi connectivity index (χ0) is 17.8. The third-order valence-corrected chi connectivity index (χ3v) is 6.13. The summed E-state index contributed by atoms with van der Waals surface area (Å²) in [5.74, 6) is -1.23. The molecule has 1 heterocycles. The van der Waals surface area contributed by atoms with Gasteiger partial charge in [-0.25, -0.2) is 0 Å². The van der Waals surface area contributed by atoms with E-state index in [0.717, 1.165) is 5.56 Å². The SMILES string of the molecule is Cc1ccccc1C(=O)NNC(=O)C12CCC(C)(C(=O)O1)C2(C)C. The number of fused-ring (bicyclic) bond motifs is 2. The molecule has 6 heteroatoms. The Kier molecular flexibility index (Phi) is 3.48. The Hall–Kier alpha value is -2.37. The van der Waals surface area contributed by atoms with Crippen molar-refractivity contribution in [2.75, 3.05) is 0 Å². The maximum Gasteiger partial charge on any atom is 0.313 e. The lowest BCUT2D eigenvalue weighted by Crippen LogP contribution is -2.57. The normalized spacial score (nSPS) is 29.9. The summed E-state index contributed by atoms with van der Waals surface area (Å²) in [7, 11) is 0. The van der Waals surface area contributed by atoms with Crippen molar-refractivity contribution in [3.8, 4) is 0 Å². The third kappa shape index (κ3) is 1.92. The number of amides is 2. The molecule has 2 fully saturated rings. The average molecular weight is 330 g/mol. The lowest BCUT2D eigenvalue weighted by Gasteiger charge is -2.35. The molecule has 2 amide bonds. The number of rotatable bonds is 2. The molecule has 6 nitrogen and oxygen atoms in total. The van der Waals surface area contributed by atoms with Crippen molar-refractivity contribution in [3.05, 3.63) is 35.4 Å². The summed E-state index contributed by atoms with van der Waals surface area (Å²) in [4.78, 5) is 37.2. The number of ether oxygens (including phenoxy) is 1. The Morgan fingerprint density at radius 2 is 1.75 bits per heavy atom. The van der Waals surface area contributed by atoms with E-state index in [-0.39, 0.29) is 5.97 Å². The molecule has 0 spiro atoms. The molecule has 0 radical (unpaired) electrons. The van der Waals surface area contributed by atoms with Gasteiger partial charge in [-0.2, -0.15) is 0 Å². The quantitative estimate of drug-likeness (QED) is 0.640. The fourth-order valence-corrected chi connectivity index (χ4v) is 3.86. The first-order valence-corrected chi connectivity index (χ1v) is 8.06. The molecule has 1 aliphatic heterocycles. The van der Waals surface area contributed by atoms with Gasteiger partial charge >= 0.3 is 5.97 Å². The molecule has 1 aromatic carbocycles. The Morgan fingerprint density at radius 3 is 2.29 bits per heavy atom. The van der Waals surface area contributed by atoms with Crippen LogP contribution in [0.3, 0.4) is 0 Å². The highest BCUT2D eigenvalue weighted by atomic mass is 16.6. The lowest BCUT2D eigenvalue weighted by atomic mass is 9.66. The van der Waals surface area contributed by atoms with E-state index in [1.165, 1.54) is 0 Å². The van der Waals surface area contributed by atoms with Gasteiger partial charge in [-0.3, -0.25) is 25.2 Å². The molecule has 0 aromatic heterocycles. The van der Waals surface area contributed by atoms with E-state index in [2.05, 4.69) is 10.9 Å². The van der Waals surface area contributed by atoms with Crippen LogP contribution in [0.15, 0.2) is 24.3 Å². The van der Waals surface area contributed by atoms with Crippen LogP contribution in [0.4, 0.5) is 0 Å². The monoisotopic (exact) mass is 330 g/mol. The Bertz CT molecular complexity index is 742. The van der Waals surface area contributed by atoms with Crippen LogP contribution in [-0.2, 0) is 14.3 Å². The fraction of sp³-hybridized carbons (Fsp3) is 0.500. The van der Waals surface area contributed by atoms with Crippen LogP contribution in [0.2, 0.25) is 0 Å². The lowest BCUT2D eigenvalue weighted by molar-refractivity contribution is -0.168. The second-order valence-electron chi connectivity index (χ2n) is 7.40. The number of hydrazine groups is 1. The summed E-state index contributed by atoms with van der Waals surface area (Å²) >= 11 is 0. The zero-order valence-electron chi connectivity index (χ0n) is 14.4. The summed E-state index contributed by atoms with van der Waals surface area (Å²) in [6.07, 6.45) is 1.05. The molecular weight excluding hydrogens is 308 g/mol. The first-order chi connectivity index (χ1) is 11.2. The molecule has 1 saturated heterocycles. The number of hydrogen-bond acceptors (Lipinski definition) is 4. The first kappa shape index (κ1) is 16.5. The standard InChI is InChI=1S/C18H22N2O4/c1-11-7-5-6-8-12(11)13(21)19-20-14(22)18-10-9-17(4,15(23)24-18)16(18,2)3/h5-8H,9-10H2,1-4H3,(H,19,21)(H,20,22). The van der Waals surface area contributed by atoms with Gasteiger partial charge in [0.25, 0.3) is 11.8 Å². The van der Waals surface area contributed by atoms with Gasteiger partial charge in [0.2, 0.25) is 0 Å². The molecule has 2 N–H and O–H groups in total. The highest BCUT2D eigenvalue weighted by Gasteiger charge is 2.75. The van der Waals surface area contributed by atoms with Crippen molar-refractivity contribution in [1.82, 2.24) is 10.9 Å². The molecule has 2 unspecified atom stereocenters. The molecule has 128 valence electrons. The minimum absolute atomic E-state index is 0.348. The Balaban J connectivity index is 1.76. The number of carbonyl (C=O) groups is 3. The predicted molar refractivity (Wildman–Crippen MR) is 86.7 cm³/mol. The van der Waals surface area contributed by atoms with Crippen LogP contribution in [0.25, 0.3) is 0 Å². The zero-order valence-corrected chi connectivity index (χ0v) is 14.4. The molecule has 1 aromatic rings. The minimum Gasteiger partial charge on any atom is -0.448 e. The molecule has 1 saturated carbocycles. The summed E-state index contributed by atoms with van der Waals surface area (Å²) in [6.45, 7) is 7.39. The van der Waals surface area contributed by atoms with Crippen molar-refractivity contribution in [3.63, 3.8) is 0 Å². The maximum atomic E-state index is 12.7. The van der Waals surface area contributed by atoms with E-state index in [4.69, 9.17) is 4.74 Å². The summed E-state index contributed by atoms with van der Waals surface area (Å²) in [6, 6.07) is 7.09. The van der Waals surface area contributed by atoms with Crippen LogP contribution in [-0.4, -0.2) is 23.4 Å². The van der Waals surface area contributed by atoms with E-state index < -0.39 is 28.2 Å². The van der Waals surface area contributed by atoms with E-state index >= 15 is 0 Å². The minimum atomic E-state index is -1.24. The van der Waals surface area contributed by atoms with E-state index in [9.17, 15) is 14.4 Å². The van der Waals surface area contributed by atoms with Crippen molar-refractivity contribution in [2.24, 2.45) is 10.8 Å². The Labute approximate surface area is 140 Å². The van der Waals surface area contributed by atoms with Gasteiger partial charge in [0, 0.05) is 11.0 Å². The van der Waals surface area contributed by atoms with Crippen LogP contribution in [0.1, 0.15) is 49.5 Å². The smallest absolute Gasteiger partial charge is 0.313 e. The summed E-state index contributed by atoms with van der Waals surface area (Å²) < 4.78 is 5.49. The average Bonchev–Trinajstić information content (AvgIpc) is 2.83. The number of esters is 1. The highest BCUT2D eigenvalue weighted by molar-refractivity contribution is 5.99. The van der Waals surface area contributed by atoms with Crippen LogP contribution in [0, 0.1) is 17.8 Å². The number of benzene rings is 1. The van der Waals surface area contributed by atoms with Crippen molar-refractivity contribution < 1.29 is 19.1 Å². The molecule has 24 heavy (non-hydrogen) atoms.